The monoisotopic (exact) mass is 233 g/mol. The van der Waals surface area contributed by atoms with E-state index in [0.717, 1.165) is 32.1 Å². The second-order valence-electron chi connectivity index (χ2n) is 4.26. The van der Waals surface area contributed by atoms with Crippen molar-refractivity contribution in [1.29, 1.82) is 0 Å². The van der Waals surface area contributed by atoms with Crippen LogP contribution < -0.4 is 5.73 Å². The molecule has 0 aliphatic heterocycles. The summed E-state index contributed by atoms with van der Waals surface area (Å²) in [6.45, 7) is 9.15. The smallest absolute Gasteiger partial charge is 0.167 e. The molecule has 0 aliphatic rings. The molecule has 1 atom stereocenters. The predicted molar refractivity (Wildman–Crippen MR) is 70.1 cm³/mol. The SMILES string of the molecule is CCCC(CC)(CCC)C(N)(S)OCC. The maximum Gasteiger partial charge on any atom is 0.167 e. The maximum absolute atomic E-state index is 6.23. The van der Waals surface area contributed by atoms with E-state index in [9.17, 15) is 0 Å². The van der Waals surface area contributed by atoms with Crippen LogP contribution in [-0.2, 0) is 4.74 Å². The summed E-state index contributed by atoms with van der Waals surface area (Å²) in [5, 5.41) is -0.789. The van der Waals surface area contributed by atoms with Gasteiger partial charge in [-0.05, 0) is 26.2 Å². The lowest BCUT2D eigenvalue weighted by molar-refractivity contribution is -0.0712. The Morgan fingerprint density at radius 1 is 1.07 bits per heavy atom. The predicted octanol–water partition coefficient (Wildman–Crippen LogP) is 3.56. The highest BCUT2D eigenvalue weighted by molar-refractivity contribution is 7.81. The minimum Gasteiger partial charge on any atom is -0.351 e. The molecule has 2 nitrogen and oxygen atoms in total. The summed E-state index contributed by atoms with van der Waals surface area (Å²) in [4.78, 5) is 0. The van der Waals surface area contributed by atoms with Crippen molar-refractivity contribution in [2.75, 3.05) is 6.61 Å². The zero-order valence-electron chi connectivity index (χ0n) is 10.7. The molecule has 3 heteroatoms. The van der Waals surface area contributed by atoms with E-state index < -0.39 is 5.06 Å². The van der Waals surface area contributed by atoms with Crippen LogP contribution in [0.2, 0.25) is 0 Å². The van der Waals surface area contributed by atoms with Gasteiger partial charge < -0.3 is 4.74 Å². The molecular weight excluding hydrogens is 206 g/mol. The highest BCUT2D eigenvalue weighted by Gasteiger charge is 2.44. The molecule has 15 heavy (non-hydrogen) atoms. The molecular formula is C12H27NOS. The molecule has 0 saturated heterocycles. The lowest BCUT2D eigenvalue weighted by atomic mass is 9.75. The van der Waals surface area contributed by atoms with Crippen molar-refractivity contribution in [2.45, 2.75) is 64.9 Å². The third kappa shape index (κ3) is 3.65. The first-order chi connectivity index (χ1) is 6.99. The average Bonchev–Trinajstić information content (AvgIpc) is 2.17. The molecule has 0 heterocycles. The summed E-state index contributed by atoms with van der Waals surface area (Å²) >= 11 is 4.55. The molecule has 1 unspecified atom stereocenters. The molecule has 2 N–H and O–H groups in total. The molecule has 0 aromatic heterocycles. The fourth-order valence-corrected chi connectivity index (χ4v) is 2.93. The van der Waals surface area contributed by atoms with Gasteiger partial charge in [-0.25, -0.2) is 0 Å². The maximum atomic E-state index is 6.23. The van der Waals surface area contributed by atoms with Crippen LogP contribution >= 0.6 is 12.6 Å². The summed E-state index contributed by atoms with van der Waals surface area (Å²) in [5.74, 6) is 0. The van der Waals surface area contributed by atoms with E-state index in [0.29, 0.717) is 6.61 Å². The van der Waals surface area contributed by atoms with E-state index in [-0.39, 0.29) is 5.41 Å². The van der Waals surface area contributed by atoms with Gasteiger partial charge in [0.15, 0.2) is 5.06 Å². The van der Waals surface area contributed by atoms with Crippen molar-refractivity contribution in [1.82, 2.24) is 0 Å². The first-order valence-corrected chi connectivity index (χ1v) is 6.59. The molecule has 0 radical (unpaired) electrons. The van der Waals surface area contributed by atoms with E-state index in [1.807, 2.05) is 6.92 Å². The third-order valence-electron chi connectivity index (χ3n) is 3.26. The van der Waals surface area contributed by atoms with Gasteiger partial charge in [0.2, 0.25) is 0 Å². The van der Waals surface area contributed by atoms with Gasteiger partial charge in [0, 0.05) is 12.0 Å². The molecule has 0 spiro atoms. The quantitative estimate of drug-likeness (QED) is 0.496. The Kier molecular flexibility index (Phi) is 6.89. The number of hydrogen-bond donors (Lipinski definition) is 2. The van der Waals surface area contributed by atoms with Gasteiger partial charge in [0.25, 0.3) is 0 Å². The van der Waals surface area contributed by atoms with Crippen LogP contribution in [-0.4, -0.2) is 11.7 Å². The van der Waals surface area contributed by atoms with Crippen LogP contribution in [0, 0.1) is 5.41 Å². The molecule has 0 aromatic rings. The second-order valence-corrected chi connectivity index (χ2v) is 4.93. The van der Waals surface area contributed by atoms with Crippen LogP contribution in [0.1, 0.15) is 59.8 Å². The number of nitrogens with two attached hydrogens (primary N) is 1. The molecule has 92 valence electrons. The van der Waals surface area contributed by atoms with Crippen molar-refractivity contribution in [2.24, 2.45) is 11.1 Å². The molecule has 0 fully saturated rings. The standard InChI is InChI=1S/C12H27NOS/c1-5-9-11(7-3,10-6-2)12(13,15)14-8-4/h15H,5-10,13H2,1-4H3. The average molecular weight is 233 g/mol. The van der Waals surface area contributed by atoms with E-state index >= 15 is 0 Å². The Bertz CT molecular complexity index is 165. The largest absolute Gasteiger partial charge is 0.351 e. The molecule has 0 saturated carbocycles. The van der Waals surface area contributed by atoms with Crippen molar-refractivity contribution >= 4 is 12.6 Å². The Morgan fingerprint density at radius 3 is 1.80 bits per heavy atom. The Labute approximate surface area is 100 Å². The molecule has 0 amide bonds. The van der Waals surface area contributed by atoms with E-state index in [1.165, 1.54) is 0 Å². The van der Waals surface area contributed by atoms with Crippen molar-refractivity contribution in [3.05, 3.63) is 0 Å². The van der Waals surface area contributed by atoms with Gasteiger partial charge in [0.05, 0.1) is 0 Å². The van der Waals surface area contributed by atoms with Crippen LogP contribution in [0.15, 0.2) is 0 Å². The van der Waals surface area contributed by atoms with Gasteiger partial charge in [-0.1, -0.05) is 33.6 Å². The zero-order chi connectivity index (χ0) is 11.9. The van der Waals surface area contributed by atoms with Crippen LogP contribution in [0.5, 0.6) is 0 Å². The fraction of sp³-hybridized carbons (Fsp3) is 1.00. The fourth-order valence-electron chi connectivity index (χ4n) is 2.42. The molecule has 0 bridgehead atoms. The normalized spacial score (nSPS) is 16.4. The first-order valence-electron chi connectivity index (χ1n) is 6.14. The molecule has 0 rings (SSSR count). The van der Waals surface area contributed by atoms with Gasteiger partial charge >= 0.3 is 0 Å². The number of ether oxygens (including phenoxy) is 1. The van der Waals surface area contributed by atoms with Gasteiger partial charge in [-0.2, -0.15) is 0 Å². The molecule has 0 aliphatic carbocycles. The summed E-state index contributed by atoms with van der Waals surface area (Å²) in [6.07, 6.45) is 5.43. The Hall–Kier alpha value is 0.270. The highest BCUT2D eigenvalue weighted by Crippen LogP contribution is 2.45. The van der Waals surface area contributed by atoms with Crippen molar-refractivity contribution < 1.29 is 4.74 Å². The van der Waals surface area contributed by atoms with E-state index in [2.05, 4.69) is 33.4 Å². The third-order valence-corrected chi connectivity index (χ3v) is 3.86. The summed E-state index contributed by atoms with van der Waals surface area (Å²) in [6, 6.07) is 0. The zero-order valence-corrected chi connectivity index (χ0v) is 11.6. The summed E-state index contributed by atoms with van der Waals surface area (Å²) in [7, 11) is 0. The number of thiol groups is 1. The summed E-state index contributed by atoms with van der Waals surface area (Å²) in [5.41, 5.74) is 6.24. The Balaban J connectivity index is 4.84. The summed E-state index contributed by atoms with van der Waals surface area (Å²) < 4.78 is 5.63. The van der Waals surface area contributed by atoms with Crippen LogP contribution in [0.25, 0.3) is 0 Å². The first kappa shape index (κ1) is 15.3. The van der Waals surface area contributed by atoms with Crippen LogP contribution in [0.3, 0.4) is 0 Å². The van der Waals surface area contributed by atoms with Crippen molar-refractivity contribution in [3.8, 4) is 0 Å². The number of rotatable bonds is 8. The molecule has 0 aromatic carbocycles. The van der Waals surface area contributed by atoms with Gasteiger partial charge in [-0.3, -0.25) is 5.73 Å². The van der Waals surface area contributed by atoms with E-state index in [1.54, 1.807) is 0 Å². The van der Waals surface area contributed by atoms with Gasteiger partial charge in [0.1, 0.15) is 0 Å². The minimum atomic E-state index is -0.789. The lowest BCUT2D eigenvalue weighted by Crippen LogP contribution is -2.53. The second kappa shape index (κ2) is 6.77. The number of hydrogen-bond acceptors (Lipinski definition) is 3. The topological polar surface area (TPSA) is 35.2 Å². The van der Waals surface area contributed by atoms with Gasteiger partial charge in [-0.15, -0.1) is 12.6 Å². The lowest BCUT2D eigenvalue weighted by Gasteiger charge is -2.45. The highest BCUT2D eigenvalue weighted by atomic mass is 32.1. The van der Waals surface area contributed by atoms with Crippen LogP contribution in [0.4, 0.5) is 0 Å². The van der Waals surface area contributed by atoms with E-state index in [4.69, 9.17) is 10.5 Å². The Morgan fingerprint density at radius 2 is 1.53 bits per heavy atom. The minimum absolute atomic E-state index is 0.00954. The van der Waals surface area contributed by atoms with Crippen molar-refractivity contribution in [3.63, 3.8) is 0 Å².